The Morgan fingerprint density at radius 1 is 1.19 bits per heavy atom. The number of nitrogens with zero attached hydrogens (tertiary/aromatic N) is 2. The van der Waals surface area contributed by atoms with Crippen LogP contribution < -0.4 is 0 Å². The summed E-state index contributed by atoms with van der Waals surface area (Å²) >= 11 is 15.5. The largest absolute Gasteiger partial charge is 0.295 e. The van der Waals surface area contributed by atoms with Gasteiger partial charge in [-0.05, 0) is 46.3 Å². The molecule has 1 heterocycles. The van der Waals surface area contributed by atoms with Gasteiger partial charge in [0.1, 0.15) is 11.6 Å². The molecule has 0 bridgehead atoms. The van der Waals surface area contributed by atoms with Crippen LogP contribution in [-0.4, -0.2) is 15.4 Å². The lowest BCUT2D eigenvalue weighted by Gasteiger charge is -2.11. The van der Waals surface area contributed by atoms with E-state index in [-0.39, 0.29) is 5.82 Å². The summed E-state index contributed by atoms with van der Waals surface area (Å²) in [7, 11) is 0. The van der Waals surface area contributed by atoms with Gasteiger partial charge in [-0.1, -0.05) is 11.6 Å². The van der Waals surface area contributed by atoms with E-state index in [0.717, 1.165) is 21.5 Å². The maximum atomic E-state index is 13.6. The van der Waals surface area contributed by atoms with Crippen molar-refractivity contribution in [2.75, 3.05) is 5.88 Å². The molecule has 0 saturated heterocycles. The molecule has 0 fully saturated rings. The van der Waals surface area contributed by atoms with Gasteiger partial charge in [-0.2, -0.15) is 0 Å². The maximum Gasteiger partial charge on any atom is 0.125 e. The second-order valence-electron chi connectivity index (χ2n) is 4.53. The van der Waals surface area contributed by atoms with Crippen LogP contribution in [0.15, 0.2) is 40.9 Å². The van der Waals surface area contributed by atoms with Crippen LogP contribution in [0.3, 0.4) is 0 Å². The second-order valence-corrected chi connectivity index (χ2v) is 6.20. The molecule has 108 valence electrons. The zero-order valence-electron chi connectivity index (χ0n) is 10.8. The summed E-state index contributed by atoms with van der Waals surface area (Å²) in [6, 6.07) is 9.99. The zero-order chi connectivity index (χ0) is 15.0. The van der Waals surface area contributed by atoms with Crippen LogP contribution in [0.1, 0.15) is 5.82 Å². The fourth-order valence-electron chi connectivity index (χ4n) is 2.28. The Bertz CT molecular complexity index is 817. The third-order valence-corrected chi connectivity index (χ3v) is 4.25. The van der Waals surface area contributed by atoms with E-state index >= 15 is 0 Å². The van der Waals surface area contributed by atoms with Gasteiger partial charge in [0.2, 0.25) is 0 Å². The van der Waals surface area contributed by atoms with Crippen molar-refractivity contribution in [1.29, 1.82) is 0 Å². The number of aryl methyl sites for hydroxylation is 1. The molecular formula is C15H10BrCl2FN2. The number of hydrogen-bond donors (Lipinski definition) is 0. The van der Waals surface area contributed by atoms with Gasteiger partial charge in [-0.3, -0.25) is 4.57 Å². The first kappa shape index (κ1) is 14.8. The molecule has 0 aliphatic carbocycles. The van der Waals surface area contributed by atoms with Crippen LogP contribution >= 0.6 is 39.1 Å². The highest BCUT2D eigenvalue weighted by Gasteiger charge is 2.15. The van der Waals surface area contributed by atoms with Crippen molar-refractivity contribution in [3.63, 3.8) is 0 Å². The number of imidazole rings is 1. The SMILES string of the molecule is Fc1ccc2nc(CCCl)n(-c3cc(Cl)ccc3Br)c2c1. The predicted octanol–water partition coefficient (Wildman–Crippen LogP) is 5.36. The predicted molar refractivity (Wildman–Crippen MR) is 88.2 cm³/mol. The highest BCUT2D eigenvalue weighted by Crippen LogP contribution is 2.30. The van der Waals surface area contributed by atoms with E-state index in [1.54, 1.807) is 12.1 Å². The second kappa shape index (κ2) is 5.95. The fraction of sp³-hybridized carbons (Fsp3) is 0.133. The molecule has 3 aromatic rings. The molecule has 0 saturated carbocycles. The minimum atomic E-state index is -0.306. The van der Waals surface area contributed by atoms with Crippen molar-refractivity contribution in [2.45, 2.75) is 6.42 Å². The Morgan fingerprint density at radius 3 is 2.76 bits per heavy atom. The minimum absolute atomic E-state index is 0.306. The van der Waals surface area contributed by atoms with Gasteiger partial charge in [-0.25, -0.2) is 9.37 Å². The van der Waals surface area contributed by atoms with E-state index in [4.69, 9.17) is 23.2 Å². The van der Waals surface area contributed by atoms with E-state index in [2.05, 4.69) is 20.9 Å². The van der Waals surface area contributed by atoms with E-state index in [1.807, 2.05) is 16.7 Å². The summed E-state index contributed by atoms with van der Waals surface area (Å²) in [5, 5.41) is 0.600. The molecular weight excluding hydrogens is 378 g/mol. The summed E-state index contributed by atoms with van der Waals surface area (Å²) in [5.74, 6) is 0.900. The third kappa shape index (κ3) is 2.80. The fourth-order valence-corrected chi connectivity index (χ4v) is 3.04. The summed E-state index contributed by atoms with van der Waals surface area (Å²) in [6.45, 7) is 0. The lowest BCUT2D eigenvalue weighted by Crippen LogP contribution is -2.03. The average molecular weight is 388 g/mol. The Hall–Kier alpha value is -1.10. The number of fused-ring (bicyclic) bond motifs is 1. The van der Waals surface area contributed by atoms with Gasteiger partial charge in [0.15, 0.2) is 0 Å². The van der Waals surface area contributed by atoms with Crippen LogP contribution in [0.2, 0.25) is 5.02 Å². The zero-order valence-corrected chi connectivity index (χ0v) is 13.9. The van der Waals surface area contributed by atoms with E-state index in [9.17, 15) is 4.39 Å². The topological polar surface area (TPSA) is 17.8 Å². The molecule has 0 aliphatic rings. The third-order valence-electron chi connectivity index (χ3n) is 3.15. The Labute approximate surface area is 139 Å². The molecule has 0 unspecified atom stereocenters. The van der Waals surface area contributed by atoms with Gasteiger partial charge in [-0.15, -0.1) is 11.6 Å². The van der Waals surface area contributed by atoms with Crippen molar-refractivity contribution in [2.24, 2.45) is 0 Å². The van der Waals surface area contributed by atoms with E-state index < -0.39 is 0 Å². The molecule has 2 nitrogen and oxygen atoms in total. The number of alkyl halides is 1. The standard InChI is InChI=1S/C15H10BrCl2FN2/c16-11-3-1-9(18)7-13(11)21-14-8-10(19)2-4-12(14)20-15(21)5-6-17/h1-4,7-8H,5-6H2. The first-order valence-corrected chi connectivity index (χ1v) is 7.99. The molecule has 3 rings (SSSR count). The minimum Gasteiger partial charge on any atom is -0.295 e. The van der Waals surface area contributed by atoms with Crippen LogP contribution in [0, 0.1) is 5.82 Å². The molecule has 6 heteroatoms. The summed E-state index contributed by atoms with van der Waals surface area (Å²) in [6.07, 6.45) is 0.580. The van der Waals surface area contributed by atoms with Gasteiger partial charge in [0.05, 0.1) is 16.7 Å². The molecule has 1 aromatic heterocycles. The van der Waals surface area contributed by atoms with Crippen molar-refractivity contribution < 1.29 is 4.39 Å². The summed E-state index contributed by atoms with van der Waals surface area (Å²) in [5.41, 5.74) is 2.23. The van der Waals surface area contributed by atoms with E-state index in [1.165, 1.54) is 12.1 Å². The first-order chi connectivity index (χ1) is 10.1. The number of rotatable bonds is 3. The summed E-state index contributed by atoms with van der Waals surface area (Å²) in [4.78, 5) is 4.54. The molecule has 0 aliphatic heterocycles. The summed E-state index contributed by atoms with van der Waals surface area (Å²) < 4.78 is 16.3. The van der Waals surface area contributed by atoms with Crippen molar-refractivity contribution in [3.8, 4) is 5.69 Å². The molecule has 2 aromatic carbocycles. The first-order valence-electron chi connectivity index (χ1n) is 6.28. The normalized spacial score (nSPS) is 11.2. The quantitative estimate of drug-likeness (QED) is 0.553. The van der Waals surface area contributed by atoms with Crippen molar-refractivity contribution in [3.05, 3.63) is 57.5 Å². The van der Waals surface area contributed by atoms with Crippen LogP contribution in [-0.2, 0) is 6.42 Å². The monoisotopic (exact) mass is 386 g/mol. The van der Waals surface area contributed by atoms with Gasteiger partial charge in [0.25, 0.3) is 0 Å². The molecule has 21 heavy (non-hydrogen) atoms. The average Bonchev–Trinajstić information content (AvgIpc) is 2.79. The number of aromatic nitrogens is 2. The lowest BCUT2D eigenvalue weighted by atomic mass is 10.2. The Balaban J connectivity index is 2.35. The van der Waals surface area contributed by atoms with Gasteiger partial charge in [0, 0.05) is 27.9 Å². The van der Waals surface area contributed by atoms with Crippen LogP contribution in [0.4, 0.5) is 4.39 Å². The number of benzene rings is 2. The lowest BCUT2D eigenvalue weighted by molar-refractivity contribution is 0.629. The van der Waals surface area contributed by atoms with E-state index in [0.29, 0.717) is 22.8 Å². The molecule has 0 N–H and O–H groups in total. The van der Waals surface area contributed by atoms with Crippen LogP contribution in [0.25, 0.3) is 16.7 Å². The Kier molecular flexibility index (Phi) is 4.20. The van der Waals surface area contributed by atoms with Crippen molar-refractivity contribution in [1.82, 2.24) is 9.55 Å². The molecule has 0 amide bonds. The molecule has 0 atom stereocenters. The number of halogens is 4. The van der Waals surface area contributed by atoms with Gasteiger partial charge < -0.3 is 0 Å². The van der Waals surface area contributed by atoms with Gasteiger partial charge >= 0.3 is 0 Å². The smallest absolute Gasteiger partial charge is 0.125 e. The highest BCUT2D eigenvalue weighted by atomic mass is 79.9. The highest BCUT2D eigenvalue weighted by molar-refractivity contribution is 9.10. The number of hydrogen-bond acceptors (Lipinski definition) is 1. The molecule has 0 spiro atoms. The van der Waals surface area contributed by atoms with Crippen LogP contribution in [0.5, 0.6) is 0 Å². The Morgan fingerprint density at radius 2 is 2.00 bits per heavy atom. The van der Waals surface area contributed by atoms with Crippen molar-refractivity contribution >= 4 is 50.2 Å². The molecule has 0 radical (unpaired) electrons. The maximum absolute atomic E-state index is 13.6.